The highest BCUT2D eigenvalue weighted by Gasteiger charge is 2.46. The molecule has 0 bridgehead atoms. The minimum absolute atomic E-state index is 0.102. The Labute approximate surface area is 147 Å². The van der Waals surface area contributed by atoms with Crippen molar-refractivity contribution in [2.75, 3.05) is 0 Å². The SMILES string of the molecule is CC(Sc1ccccc1C(=O)NC1CC(C)(C)OC1(C)C)C(=O)O. The first-order chi connectivity index (χ1) is 11.0. The molecule has 0 spiro atoms. The summed E-state index contributed by atoms with van der Waals surface area (Å²) in [5.74, 6) is -1.10. The lowest BCUT2D eigenvalue weighted by Gasteiger charge is -2.28. The van der Waals surface area contributed by atoms with Gasteiger partial charge < -0.3 is 15.2 Å². The number of thioether (sulfide) groups is 1. The molecule has 1 amide bonds. The van der Waals surface area contributed by atoms with Gasteiger partial charge in [0, 0.05) is 4.90 Å². The molecule has 24 heavy (non-hydrogen) atoms. The quantitative estimate of drug-likeness (QED) is 0.796. The Bertz CT molecular complexity index is 642. The predicted molar refractivity (Wildman–Crippen MR) is 94.5 cm³/mol. The molecule has 0 aromatic heterocycles. The van der Waals surface area contributed by atoms with Crippen LogP contribution in [0.1, 0.15) is 51.4 Å². The normalized spacial score (nSPS) is 22.8. The van der Waals surface area contributed by atoms with E-state index in [4.69, 9.17) is 9.84 Å². The highest BCUT2D eigenvalue weighted by atomic mass is 32.2. The Morgan fingerprint density at radius 3 is 2.46 bits per heavy atom. The zero-order valence-electron chi connectivity index (χ0n) is 14.8. The fourth-order valence-corrected chi connectivity index (χ4v) is 3.95. The van der Waals surface area contributed by atoms with Crippen LogP contribution in [0.2, 0.25) is 0 Å². The van der Waals surface area contributed by atoms with Gasteiger partial charge in [0.15, 0.2) is 0 Å². The molecule has 1 aliphatic rings. The van der Waals surface area contributed by atoms with Crippen molar-refractivity contribution in [2.24, 2.45) is 0 Å². The molecule has 0 aliphatic carbocycles. The van der Waals surface area contributed by atoms with Crippen molar-refractivity contribution in [1.82, 2.24) is 5.32 Å². The highest BCUT2D eigenvalue weighted by molar-refractivity contribution is 8.00. The number of nitrogens with one attached hydrogen (secondary N) is 1. The number of ether oxygens (including phenoxy) is 1. The summed E-state index contributed by atoms with van der Waals surface area (Å²) >= 11 is 1.17. The van der Waals surface area contributed by atoms with Crippen molar-refractivity contribution in [3.8, 4) is 0 Å². The average molecular weight is 351 g/mol. The van der Waals surface area contributed by atoms with Gasteiger partial charge in [-0.1, -0.05) is 12.1 Å². The third-order valence-electron chi connectivity index (χ3n) is 4.16. The zero-order valence-corrected chi connectivity index (χ0v) is 15.6. The molecule has 1 aromatic rings. The van der Waals surface area contributed by atoms with Gasteiger partial charge in [0.1, 0.15) is 5.25 Å². The highest BCUT2D eigenvalue weighted by Crippen LogP contribution is 2.37. The third-order valence-corrected chi connectivity index (χ3v) is 5.33. The first-order valence-corrected chi connectivity index (χ1v) is 8.89. The van der Waals surface area contributed by atoms with Crippen molar-refractivity contribution in [2.45, 2.75) is 68.4 Å². The van der Waals surface area contributed by atoms with E-state index >= 15 is 0 Å². The summed E-state index contributed by atoms with van der Waals surface area (Å²) in [6.45, 7) is 9.58. The van der Waals surface area contributed by atoms with Crippen molar-refractivity contribution in [3.05, 3.63) is 29.8 Å². The van der Waals surface area contributed by atoms with Gasteiger partial charge in [0.05, 0.1) is 22.8 Å². The molecule has 1 aliphatic heterocycles. The molecule has 1 aromatic carbocycles. The van der Waals surface area contributed by atoms with Crippen LogP contribution >= 0.6 is 11.8 Å². The molecule has 2 rings (SSSR count). The minimum Gasteiger partial charge on any atom is -0.480 e. The summed E-state index contributed by atoms with van der Waals surface area (Å²) in [5.41, 5.74) is -0.237. The Balaban J connectivity index is 2.17. The van der Waals surface area contributed by atoms with Crippen LogP contribution < -0.4 is 5.32 Å². The fourth-order valence-electron chi connectivity index (χ4n) is 3.02. The lowest BCUT2D eigenvalue weighted by Crippen LogP contribution is -2.46. The van der Waals surface area contributed by atoms with Gasteiger partial charge >= 0.3 is 5.97 Å². The van der Waals surface area contributed by atoms with Gasteiger partial charge in [0.25, 0.3) is 5.91 Å². The smallest absolute Gasteiger partial charge is 0.316 e. The van der Waals surface area contributed by atoms with E-state index in [1.54, 1.807) is 31.2 Å². The topological polar surface area (TPSA) is 75.6 Å². The maximum Gasteiger partial charge on any atom is 0.316 e. The van der Waals surface area contributed by atoms with Gasteiger partial charge in [-0.3, -0.25) is 9.59 Å². The van der Waals surface area contributed by atoms with Crippen molar-refractivity contribution < 1.29 is 19.4 Å². The predicted octanol–water partition coefficient (Wildman–Crippen LogP) is 3.33. The van der Waals surface area contributed by atoms with E-state index in [9.17, 15) is 9.59 Å². The molecule has 2 unspecified atom stereocenters. The summed E-state index contributed by atoms with van der Waals surface area (Å²) in [7, 11) is 0. The zero-order chi connectivity index (χ0) is 18.1. The lowest BCUT2D eigenvalue weighted by molar-refractivity contribution is -0.136. The van der Waals surface area contributed by atoms with Gasteiger partial charge in [-0.15, -0.1) is 11.8 Å². The molecule has 1 fully saturated rings. The summed E-state index contributed by atoms with van der Waals surface area (Å²) in [4.78, 5) is 24.5. The first kappa shape index (κ1) is 18.8. The second kappa shape index (κ2) is 6.76. The van der Waals surface area contributed by atoms with Crippen molar-refractivity contribution in [1.29, 1.82) is 0 Å². The second-order valence-corrected chi connectivity index (χ2v) is 8.67. The number of carbonyl (C=O) groups excluding carboxylic acids is 1. The second-order valence-electron chi connectivity index (χ2n) is 7.29. The van der Waals surface area contributed by atoms with Gasteiger partial charge in [-0.05, 0) is 53.2 Å². The third kappa shape index (κ3) is 4.30. The molecule has 2 N–H and O–H groups in total. The Kier molecular flexibility index (Phi) is 5.30. The van der Waals surface area contributed by atoms with Gasteiger partial charge in [-0.25, -0.2) is 0 Å². The summed E-state index contributed by atoms with van der Waals surface area (Å²) in [6.07, 6.45) is 0.729. The van der Waals surface area contributed by atoms with Crippen molar-refractivity contribution in [3.63, 3.8) is 0 Å². The van der Waals surface area contributed by atoms with Gasteiger partial charge in [0.2, 0.25) is 0 Å². The van der Waals surface area contributed by atoms with Gasteiger partial charge in [-0.2, -0.15) is 0 Å². The number of benzene rings is 1. The Hall–Kier alpha value is -1.53. The molecule has 5 nitrogen and oxygen atoms in total. The number of hydrogen-bond acceptors (Lipinski definition) is 4. The Morgan fingerprint density at radius 1 is 1.29 bits per heavy atom. The van der Waals surface area contributed by atoms with E-state index in [1.807, 2.05) is 27.7 Å². The standard InChI is InChI=1S/C18H25NO4S/c1-11(16(21)22)24-13-9-7-6-8-12(13)15(20)19-14-10-17(2,3)23-18(14,4)5/h6-9,11,14H,10H2,1-5H3,(H,19,20)(H,21,22). The number of hydrogen-bond donors (Lipinski definition) is 2. The monoisotopic (exact) mass is 351 g/mol. The molecule has 1 heterocycles. The van der Waals surface area contributed by atoms with Crippen molar-refractivity contribution >= 4 is 23.6 Å². The maximum atomic E-state index is 12.7. The van der Waals surface area contributed by atoms with Crippen LogP contribution in [-0.4, -0.2) is 39.5 Å². The first-order valence-electron chi connectivity index (χ1n) is 8.01. The lowest BCUT2D eigenvalue weighted by atomic mass is 9.94. The molecule has 1 saturated heterocycles. The molecule has 132 valence electrons. The molecular weight excluding hydrogens is 326 g/mol. The molecule has 0 saturated carbocycles. The number of aliphatic carboxylic acids is 1. The number of carbonyl (C=O) groups is 2. The van der Waals surface area contributed by atoms with E-state index in [1.165, 1.54) is 11.8 Å². The van der Waals surface area contributed by atoms with E-state index in [-0.39, 0.29) is 17.6 Å². The number of carboxylic acid groups (broad SMARTS) is 1. The summed E-state index contributed by atoms with van der Waals surface area (Å²) in [6, 6.07) is 6.98. The van der Waals surface area contributed by atoms with Crippen LogP contribution in [0.15, 0.2) is 29.2 Å². The van der Waals surface area contributed by atoms with Crippen LogP contribution in [0.3, 0.4) is 0 Å². The number of carboxylic acids is 1. The summed E-state index contributed by atoms with van der Waals surface area (Å²) < 4.78 is 6.01. The molecule has 2 atom stereocenters. The summed E-state index contributed by atoms with van der Waals surface area (Å²) in [5, 5.41) is 11.5. The van der Waals surface area contributed by atoms with Crippen LogP contribution in [0.25, 0.3) is 0 Å². The van der Waals surface area contributed by atoms with E-state index in [0.717, 1.165) is 6.42 Å². The number of rotatable bonds is 5. The van der Waals surface area contributed by atoms with E-state index < -0.39 is 16.8 Å². The van der Waals surface area contributed by atoms with E-state index in [2.05, 4.69) is 5.32 Å². The van der Waals surface area contributed by atoms with Crippen LogP contribution in [0, 0.1) is 0 Å². The Morgan fingerprint density at radius 2 is 1.92 bits per heavy atom. The molecular formula is C18H25NO4S. The molecule has 6 heteroatoms. The van der Waals surface area contributed by atoms with E-state index in [0.29, 0.717) is 10.5 Å². The maximum absolute atomic E-state index is 12.7. The van der Waals surface area contributed by atoms with Crippen LogP contribution in [0.5, 0.6) is 0 Å². The van der Waals surface area contributed by atoms with Crippen LogP contribution in [-0.2, 0) is 9.53 Å². The fraction of sp³-hybridized carbons (Fsp3) is 0.556. The number of amides is 1. The largest absolute Gasteiger partial charge is 0.480 e. The minimum atomic E-state index is -0.901. The van der Waals surface area contributed by atoms with Crippen LogP contribution in [0.4, 0.5) is 0 Å². The average Bonchev–Trinajstić information content (AvgIpc) is 2.66. The molecule has 0 radical (unpaired) electrons.